The fourth-order valence-corrected chi connectivity index (χ4v) is 2.77. The van der Waals surface area contributed by atoms with Crippen molar-refractivity contribution in [2.24, 2.45) is 16.6 Å². The quantitative estimate of drug-likeness (QED) is 0.421. The normalized spacial score (nSPS) is 18.1. The van der Waals surface area contributed by atoms with Gasteiger partial charge in [-0.1, -0.05) is 0 Å². The lowest BCUT2D eigenvalue weighted by molar-refractivity contribution is -0.105. The molecule has 1 saturated heterocycles. The number of nitrogen functional groups attached to an aromatic ring is 1. The third-order valence-corrected chi connectivity index (χ3v) is 3.98. The number of nitrogens with one attached hydrogen (secondary N) is 1. The summed E-state index contributed by atoms with van der Waals surface area (Å²) in [5.74, 6) is -0.196. The van der Waals surface area contributed by atoms with Crippen molar-refractivity contribution in [1.82, 2.24) is 0 Å². The van der Waals surface area contributed by atoms with Crippen LogP contribution in [-0.2, 0) is 4.79 Å². The Balaban J connectivity index is 2.54. The highest BCUT2D eigenvalue weighted by Gasteiger charge is 2.27. The molecule has 7 heteroatoms. The molecule has 6 nitrogen and oxygen atoms in total. The summed E-state index contributed by atoms with van der Waals surface area (Å²) in [4.78, 5) is 17.3. The molecular weight excluding hydrogens is 297 g/mol. The zero-order valence-corrected chi connectivity index (χ0v) is 13.6. The Labute approximate surface area is 135 Å². The van der Waals surface area contributed by atoms with Crippen LogP contribution in [0, 0.1) is 11.7 Å². The smallest absolute Gasteiger partial charge is 0.211 e. The summed E-state index contributed by atoms with van der Waals surface area (Å²) in [5.41, 5.74) is 13.3. The number of rotatable bonds is 6. The lowest BCUT2D eigenvalue weighted by atomic mass is 10.1. The highest BCUT2D eigenvalue weighted by Crippen LogP contribution is 2.37. The number of carbonyl (C=O) groups is 1. The Morgan fingerprint density at radius 3 is 2.87 bits per heavy atom. The molecule has 1 aromatic carbocycles. The second-order valence-corrected chi connectivity index (χ2v) is 6.05. The molecule has 1 fully saturated rings. The van der Waals surface area contributed by atoms with Gasteiger partial charge in [-0.15, -0.1) is 0 Å². The number of aliphatic imine (C=N–C) groups is 1. The number of nitrogens with two attached hydrogens (primary N) is 2. The molecule has 1 heterocycles. The fraction of sp³-hybridized carbons (Fsp3) is 0.500. The Bertz CT molecular complexity index is 603. The van der Waals surface area contributed by atoms with E-state index in [2.05, 4.69) is 15.2 Å². The summed E-state index contributed by atoms with van der Waals surface area (Å²) in [7, 11) is 0. The molecular formula is C16H24FN5O. The van der Waals surface area contributed by atoms with E-state index in [4.69, 9.17) is 11.5 Å². The number of nitrogens with zero attached hydrogens (tertiary/aromatic N) is 2. The Hall–Kier alpha value is -2.15. The molecule has 23 heavy (non-hydrogen) atoms. The molecule has 1 atom stereocenters. The molecule has 5 N–H and O–H groups in total. The van der Waals surface area contributed by atoms with Gasteiger partial charge < -0.3 is 21.7 Å². The van der Waals surface area contributed by atoms with Gasteiger partial charge in [0.1, 0.15) is 5.82 Å². The number of halogens is 1. The minimum Gasteiger partial charge on any atom is -0.396 e. The van der Waals surface area contributed by atoms with Crippen LogP contribution < -0.4 is 21.7 Å². The van der Waals surface area contributed by atoms with Crippen molar-refractivity contribution < 1.29 is 9.18 Å². The van der Waals surface area contributed by atoms with Gasteiger partial charge in [-0.25, -0.2) is 4.39 Å². The summed E-state index contributed by atoms with van der Waals surface area (Å²) in [6.45, 7) is 5.98. The highest BCUT2D eigenvalue weighted by molar-refractivity contribution is 6.01. The van der Waals surface area contributed by atoms with Gasteiger partial charge in [0.05, 0.1) is 17.1 Å². The van der Waals surface area contributed by atoms with Crippen LogP contribution in [0.1, 0.15) is 25.8 Å². The summed E-state index contributed by atoms with van der Waals surface area (Å²) >= 11 is 0. The van der Waals surface area contributed by atoms with Gasteiger partial charge in [0, 0.05) is 37.0 Å². The van der Waals surface area contributed by atoms with E-state index in [0.717, 1.165) is 19.5 Å². The van der Waals surface area contributed by atoms with Crippen molar-refractivity contribution >= 4 is 29.7 Å². The van der Waals surface area contributed by atoms with E-state index >= 15 is 0 Å². The van der Waals surface area contributed by atoms with Gasteiger partial charge in [-0.3, -0.25) is 9.79 Å². The molecule has 1 aliphatic rings. The van der Waals surface area contributed by atoms with Crippen molar-refractivity contribution in [2.75, 3.05) is 35.6 Å². The van der Waals surface area contributed by atoms with Crippen molar-refractivity contribution in [1.29, 1.82) is 0 Å². The van der Waals surface area contributed by atoms with Crippen LogP contribution in [0.5, 0.6) is 0 Å². The van der Waals surface area contributed by atoms with E-state index in [-0.39, 0.29) is 11.7 Å². The standard InChI is InChI=1S/C16H24FN5O/c1-10(2)20-7-12-15(19)13(17)5-14(21-9-23)16(12)22-4-3-11(6-18)8-22/h5,7,9-11H,3-4,6,8,18-19H2,1-2H3,(H,21,23)/t11-/m0/s1. The van der Waals surface area contributed by atoms with Gasteiger partial charge in [0.15, 0.2) is 0 Å². The monoisotopic (exact) mass is 321 g/mol. The van der Waals surface area contributed by atoms with E-state index < -0.39 is 5.82 Å². The van der Waals surface area contributed by atoms with Crippen LogP contribution in [-0.4, -0.2) is 38.3 Å². The maximum absolute atomic E-state index is 14.1. The predicted octanol–water partition coefficient (Wildman–Crippen LogP) is 1.59. The number of amides is 1. The Morgan fingerprint density at radius 2 is 2.30 bits per heavy atom. The Morgan fingerprint density at radius 1 is 1.57 bits per heavy atom. The molecule has 1 aromatic rings. The summed E-state index contributed by atoms with van der Waals surface area (Å²) < 4.78 is 14.1. The summed E-state index contributed by atoms with van der Waals surface area (Å²) in [6, 6.07) is 1.31. The molecule has 126 valence electrons. The van der Waals surface area contributed by atoms with Crippen LogP contribution in [0.4, 0.5) is 21.5 Å². The molecule has 0 radical (unpaired) electrons. The maximum Gasteiger partial charge on any atom is 0.211 e. The minimum absolute atomic E-state index is 0.0389. The molecule has 0 aromatic heterocycles. The second-order valence-electron chi connectivity index (χ2n) is 6.05. The zero-order chi connectivity index (χ0) is 17.0. The molecule has 1 aliphatic heterocycles. The largest absolute Gasteiger partial charge is 0.396 e. The lowest BCUT2D eigenvalue weighted by Gasteiger charge is -2.25. The number of anilines is 3. The molecule has 0 bridgehead atoms. The van der Waals surface area contributed by atoms with Crippen molar-refractivity contribution in [3.05, 3.63) is 17.4 Å². The van der Waals surface area contributed by atoms with Gasteiger partial charge in [0.2, 0.25) is 6.41 Å². The molecule has 0 spiro atoms. The average molecular weight is 321 g/mol. The third-order valence-electron chi connectivity index (χ3n) is 3.98. The van der Waals surface area contributed by atoms with Crippen molar-refractivity contribution in [2.45, 2.75) is 26.3 Å². The van der Waals surface area contributed by atoms with E-state index in [1.807, 2.05) is 13.8 Å². The number of carbonyl (C=O) groups excluding carboxylic acids is 1. The molecule has 0 unspecified atom stereocenters. The topological polar surface area (TPSA) is 96.7 Å². The average Bonchev–Trinajstić information content (AvgIpc) is 2.97. The fourth-order valence-electron chi connectivity index (χ4n) is 2.77. The van der Waals surface area contributed by atoms with E-state index in [1.165, 1.54) is 6.07 Å². The SMILES string of the molecule is CC(C)N=Cc1c(N)c(F)cc(NC=O)c1N1CC[C@@H](CN)C1. The zero-order valence-electron chi connectivity index (χ0n) is 13.6. The first kappa shape index (κ1) is 17.2. The minimum atomic E-state index is -0.571. The maximum atomic E-state index is 14.1. The van der Waals surface area contributed by atoms with Crippen molar-refractivity contribution in [3.63, 3.8) is 0 Å². The van der Waals surface area contributed by atoms with E-state index in [9.17, 15) is 9.18 Å². The first-order chi connectivity index (χ1) is 11.0. The molecule has 0 aliphatic carbocycles. The first-order valence-corrected chi connectivity index (χ1v) is 7.78. The molecule has 2 rings (SSSR count). The van der Waals surface area contributed by atoms with Gasteiger partial charge in [0.25, 0.3) is 0 Å². The predicted molar refractivity (Wildman–Crippen MR) is 92.6 cm³/mol. The Kier molecular flexibility index (Phi) is 5.54. The summed E-state index contributed by atoms with van der Waals surface area (Å²) in [5, 5.41) is 2.57. The van der Waals surface area contributed by atoms with Crippen LogP contribution >= 0.6 is 0 Å². The third kappa shape index (κ3) is 3.79. The second kappa shape index (κ2) is 7.41. The molecule has 0 saturated carbocycles. The van der Waals surface area contributed by atoms with Crippen LogP contribution in [0.3, 0.4) is 0 Å². The van der Waals surface area contributed by atoms with Crippen molar-refractivity contribution in [3.8, 4) is 0 Å². The lowest BCUT2D eigenvalue weighted by Crippen LogP contribution is -2.25. The first-order valence-electron chi connectivity index (χ1n) is 7.78. The van der Waals surface area contributed by atoms with Crippen LogP contribution in [0.25, 0.3) is 0 Å². The van der Waals surface area contributed by atoms with E-state index in [0.29, 0.717) is 35.8 Å². The van der Waals surface area contributed by atoms with Crippen LogP contribution in [0.15, 0.2) is 11.1 Å². The number of hydrogen-bond donors (Lipinski definition) is 3. The van der Waals surface area contributed by atoms with E-state index in [1.54, 1.807) is 6.21 Å². The van der Waals surface area contributed by atoms with Gasteiger partial charge in [-0.2, -0.15) is 0 Å². The van der Waals surface area contributed by atoms with Crippen LogP contribution in [0.2, 0.25) is 0 Å². The summed E-state index contributed by atoms with van der Waals surface area (Å²) in [6.07, 6.45) is 3.08. The molecule has 1 amide bonds. The highest BCUT2D eigenvalue weighted by atomic mass is 19.1. The number of hydrogen-bond acceptors (Lipinski definition) is 5. The number of benzene rings is 1. The van der Waals surface area contributed by atoms with Gasteiger partial charge >= 0.3 is 0 Å². The van der Waals surface area contributed by atoms with Gasteiger partial charge in [-0.05, 0) is 32.7 Å².